The molecule has 0 aliphatic heterocycles. The molecule has 150 valence electrons. The van der Waals surface area contributed by atoms with Gasteiger partial charge < -0.3 is 9.88 Å². The molecule has 3 rings (SSSR count). The second-order valence-corrected chi connectivity index (χ2v) is 7.99. The summed E-state index contributed by atoms with van der Waals surface area (Å²) >= 11 is 1.19. The molecule has 0 unspecified atom stereocenters. The smallest absolute Gasteiger partial charge is 0.321 e. The number of thioether (sulfide) groups is 1. The third kappa shape index (κ3) is 5.09. The van der Waals surface area contributed by atoms with Crippen molar-refractivity contribution in [1.29, 1.82) is 0 Å². The molecule has 0 spiro atoms. The molecule has 1 aliphatic carbocycles. The molecule has 0 bridgehead atoms. The monoisotopic (exact) mass is 405 g/mol. The lowest BCUT2D eigenvalue weighted by atomic mass is 9.86. The first-order valence-electron chi connectivity index (χ1n) is 9.32. The summed E-state index contributed by atoms with van der Waals surface area (Å²) < 4.78 is 14.8. The first-order valence-corrected chi connectivity index (χ1v) is 10.3. The van der Waals surface area contributed by atoms with Gasteiger partial charge in [-0.25, -0.2) is 9.18 Å². The summed E-state index contributed by atoms with van der Waals surface area (Å²) in [6.07, 6.45) is 4.33. The number of carbonyl (C=O) groups excluding carboxylic acids is 2. The van der Waals surface area contributed by atoms with Crippen molar-refractivity contribution in [3.8, 4) is 11.4 Å². The molecule has 1 heterocycles. The summed E-state index contributed by atoms with van der Waals surface area (Å²) in [5.41, 5.74) is 0.730. The largest absolute Gasteiger partial charge is 0.335 e. The van der Waals surface area contributed by atoms with Crippen LogP contribution < -0.4 is 10.6 Å². The van der Waals surface area contributed by atoms with Crippen molar-refractivity contribution in [3.63, 3.8) is 0 Å². The molecule has 1 aromatic heterocycles. The van der Waals surface area contributed by atoms with E-state index in [2.05, 4.69) is 27.8 Å². The van der Waals surface area contributed by atoms with Crippen LogP contribution in [0.25, 0.3) is 11.4 Å². The molecule has 1 saturated carbocycles. The van der Waals surface area contributed by atoms with Crippen LogP contribution in [0.2, 0.25) is 0 Å². The van der Waals surface area contributed by atoms with Gasteiger partial charge in [-0.15, -0.1) is 10.2 Å². The van der Waals surface area contributed by atoms with Gasteiger partial charge in [0.15, 0.2) is 11.0 Å². The fourth-order valence-electron chi connectivity index (χ4n) is 3.32. The van der Waals surface area contributed by atoms with Gasteiger partial charge in [-0.3, -0.25) is 10.1 Å². The zero-order valence-corrected chi connectivity index (χ0v) is 16.8. The zero-order chi connectivity index (χ0) is 20.1. The van der Waals surface area contributed by atoms with E-state index in [9.17, 15) is 14.0 Å². The number of hydrogen-bond acceptors (Lipinski definition) is 5. The van der Waals surface area contributed by atoms with Crippen molar-refractivity contribution in [2.75, 3.05) is 5.75 Å². The number of aromatic nitrogens is 3. The molecule has 7 nitrogen and oxygen atoms in total. The Balaban J connectivity index is 1.50. The maximum atomic E-state index is 13.1. The number of carbonyl (C=O) groups is 2. The lowest BCUT2D eigenvalue weighted by molar-refractivity contribution is -0.117. The fourth-order valence-corrected chi connectivity index (χ4v) is 4.03. The molecule has 2 N–H and O–H groups in total. The molecule has 2 aromatic rings. The summed E-state index contributed by atoms with van der Waals surface area (Å²) in [4.78, 5) is 24.1. The fraction of sp³-hybridized carbons (Fsp3) is 0.474. The van der Waals surface area contributed by atoms with E-state index in [1.165, 1.54) is 30.3 Å². The van der Waals surface area contributed by atoms with Crippen LogP contribution in [0.4, 0.5) is 9.18 Å². The van der Waals surface area contributed by atoms with E-state index < -0.39 is 11.9 Å². The number of imide groups is 1. The van der Waals surface area contributed by atoms with Crippen molar-refractivity contribution in [2.24, 2.45) is 13.0 Å². The minimum Gasteiger partial charge on any atom is -0.335 e. The standard InChI is InChI=1S/C19H24FN5O2S/c1-12-5-3-4-6-15(12)21-18(27)22-16(26)11-28-19-24-23-17(25(19)2)13-7-9-14(20)10-8-13/h7-10,12,15H,3-6,11H2,1-2H3,(H2,21,22,26,27)/t12-,15+/m0/s1. The average Bonchev–Trinajstić information content (AvgIpc) is 3.03. The highest BCUT2D eigenvalue weighted by molar-refractivity contribution is 7.99. The highest BCUT2D eigenvalue weighted by atomic mass is 32.2. The molecule has 1 aromatic carbocycles. The number of halogens is 1. The minimum absolute atomic E-state index is 0.0447. The lowest BCUT2D eigenvalue weighted by Gasteiger charge is -2.29. The first-order chi connectivity index (χ1) is 13.4. The van der Waals surface area contributed by atoms with E-state index in [-0.39, 0.29) is 17.6 Å². The second-order valence-electron chi connectivity index (χ2n) is 7.05. The molecule has 28 heavy (non-hydrogen) atoms. The van der Waals surface area contributed by atoms with Crippen molar-refractivity contribution < 1.29 is 14.0 Å². The van der Waals surface area contributed by atoms with E-state index in [1.807, 2.05) is 0 Å². The first kappa shape index (κ1) is 20.3. The van der Waals surface area contributed by atoms with Crippen LogP contribution in [0.5, 0.6) is 0 Å². The molecule has 2 atom stereocenters. The summed E-state index contributed by atoms with van der Waals surface area (Å²) in [5, 5.41) is 14.0. The Hall–Kier alpha value is -2.42. The van der Waals surface area contributed by atoms with E-state index in [4.69, 9.17) is 0 Å². The van der Waals surface area contributed by atoms with Gasteiger partial charge in [0.25, 0.3) is 0 Å². The van der Waals surface area contributed by atoms with Crippen LogP contribution in [0.3, 0.4) is 0 Å². The van der Waals surface area contributed by atoms with Gasteiger partial charge in [0.05, 0.1) is 5.75 Å². The van der Waals surface area contributed by atoms with Crippen molar-refractivity contribution in [1.82, 2.24) is 25.4 Å². The predicted octanol–water partition coefficient (Wildman–Crippen LogP) is 3.12. The molecule has 0 saturated heterocycles. The Kier molecular flexibility index (Phi) is 6.66. The lowest BCUT2D eigenvalue weighted by Crippen LogP contribution is -2.48. The Labute approximate surface area is 167 Å². The third-order valence-electron chi connectivity index (χ3n) is 4.95. The molecule has 3 amide bonds. The third-order valence-corrected chi connectivity index (χ3v) is 5.97. The van der Waals surface area contributed by atoms with Crippen molar-refractivity contribution in [3.05, 3.63) is 30.1 Å². The molecule has 9 heteroatoms. The number of urea groups is 1. The number of hydrogen-bond donors (Lipinski definition) is 2. The second kappa shape index (κ2) is 9.18. The number of amides is 3. The van der Waals surface area contributed by atoms with E-state index in [1.54, 1.807) is 23.7 Å². The maximum absolute atomic E-state index is 13.1. The van der Waals surface area contributed by atoms with Gasteiger partial charge in [-0.1, -0.05) is 31.5 Å². The van der Waals surface area contributed by atoms with Crippen LogP contribution >= 0.6 is 11.8 Å². The summed E-state index contributed by atoms with van der Waals surface area (Å²) in [7, 11) is 1.77. The average molecular weight is 405 g/mol. The Morgan fingerprint density at radius 2 is 1.93 bits per heavy atom. The molecule has 1 fully saturated rings. The molecular formula is C19H24FN5O2S. The van der Waals surface area contributed by atoms with E-state index in [0.29, 0.717) is 16.9 Å². The predicted molar refractivity (Wildman–Crippen MR) is 105 cm³/mol. The van der Waals surface area contributed by atoms with Gasteiger partial charge in [0.1, 0.15) is 5.82 Å². The van der Waals surface area contributed by atoms with Crippen LogP contribution in [-0.4, -0.2) is 38.5 Å². The molecule has 1 aliphatic rings. The zero-order valence-electron chi connectivity index (χ0n) is 15.9. The molecular weight excluding hydrogens is 381 g/mol. The Morgan fingerprint density at radius 1 is 1.21 bits per heavy atom. The topological polar surface area (TPSA) is 88.9 Å². The van der Waals surface area contributed by atoms with Crippen molar-refractivity contribution >= 4 is 23.7 Å². The van der Waals surface area contributed by atoms with Crippen LogP contribution in [0.15, 0.2) is 29.4 Å². The highest BCUT2D eigenvalue weighted by Crippen LogP contribution is 2.24. The van der Waals surface area contributed by atoms with E-state index in [0.717, 1.165) is 24.8 Å². The minimum atomic E-state index is -0.450. The number of nitrogens with one attached hydrogen (secondary N) is 2. The van der Waals surface area contributed by atoms with Gasteiger partial charge in [0.2, 0.25) is 5.91 Å². The maximum Gasteiger partial charge on any atom is 0.321 e. The molecule has 0 radical (unpaired) electrons. The summed E-state index contributed by atoms with van der Waals surface area (Å²) in [6.45, 7) is 2.12. The Bertz CT molecular complexity index is 839. The number of benzene rings is 1. The SMILES string of the molecule is C[C@H]1CCCC[C@H]1NC(=O)NC(=O)CSc1nnc(-c2ccc(F)cc2)n1C. The highest BCUT2D eigenvalue weighted by Gasteiger charge is 2.23. The van der Waals surface area contributed by atoms with Gasteiger partial charge in [-0.05, 0) is 43.0 Å². The Morgan fingerprint density at radius 3 is 2.64 bits per heavy atom. The van der Waals surface area contributed by atoms with Gasteiger partial charge in [0, 0.05) is 18.7 Å². The van der Waals surface area contributed by atoms with Gasteiger partial charge >= 0.3 is 6.03 Å². The number of rotatable bonds is 5. The van der Waals surface area contributed by atoms with Crippen molar-refractivity contribution in [2.45, 2.75) is 43.8 Å². The summed E-state index contributed by atoms with van der Waals surface area (Å²) in [6, 6.07) is 5.63. The van der Waals surface area contributed by atoms with Crippen LogP contribution in [0, 0.1) is 11.7 Å². The summed E-state index contributed by atoms with van der Waals surface area (Å²) in [5.74, 6) is 0.332. The number of nitrogens with zero attached hydrogens (tertiary/aromatic N) is 3. The van der Waals surface area contributed by atoms with Crippen LogP contribution in [0.1, 0.15) is 32.6 Å². The normalized spacial score (nSPS) is 19.2. The quantitative estimate of drug-likeness (QED) is 0.746. The van der Waals surface area contributed by atoms with E-state index >= 15 is 0 Å². The van der Waals surface area contributed by atoms with Crippen LogP contribution in [-0.2, 0) is 11.8 Å². The van der Waals surface area contributed by atoms with Gasteiger partial charge in [-0.2, -0.15) is 0 Å².